The summed E-state index contributed by atoms with van der Waals surface area (Å²) in [5.74, 6) is 8.58. The number of nitrogens with two attached hydrogens (primary N) is 1. The van der Waals surface area contributed by atoms with Crippen LogP contribution in [0.2, 0.25) is 5.02 Å². The van der Waals surface area contributed by atoms with Crippen molar-refractivity contribution in [3.8, 4) is 17.6 Å². The molecule has 0 atom stereocenters. The van der Waals surface area contributed by atoms with Crippen LogP contribution in [0.1, 0.15) is 31.4 Å². The molecule has 0 amide bonds. The predicted octanol–water partition coefficient (Wildman–Crippen LogP) is 6.54. The summed E-state index contributed by atoms with van der Waals surface area (Å²) in [6.07, 6.45) is 0.670. The molecule has 0 spiro atoms. The molecule has 0 heterocycles. The van der Waals surface area contributed by atoms with Crippen molar-refractivity contribution >= 4 is 17.3 Å². The molecular weight excluding hydrogens is 410 g/mol. The molecule has 0 bridgehead atoms. The summed E-state index contributed by atoms with van der Waals surface area (Å²) in [4.78, 5) is 0. The third-order valence-electron chi connectivity index (χ3n) is 4.73. The van der Waals surface area contributed by atoms with Crippen molar-refractivity contribution in [2.24, 2.45) is 5.84 Å². The summed E-state index contributed by atoms with van der Waals surface area (Å²) in [6, 6.07) is 24.5. The highest BCUT2D eigenvalue weighted by atomic mass is 35.5. The van der Waals surface area contributed by atoms with Crippen LogP contribution in [0.5, 0.6) is 11.5 Å². The number of rotatable bonds is 8. The molecule has 6 heteroatoms. The molecule has 31 heavy (non-hydrogen) atoms. The van der Waals surface area contributed by atoms with Crippen LogP contribution in [0.4, 0.5) is 5.69 Å². The zero-order valence-corrected chi connectivity index (χ0v) is 18.3. The van der Waals surface area contributed by atoms with E-state index in [1.807, 2.05) is 74.5 Å². The molecule has 0 radical (unpaired) electrons. The van der Waals surface area contributed by atoms with E-state index in [2.05, 4.69) is 0 Å². The highest BCUT2D eigenvalue weighted by Crippen LogP contribution is 2.26. The van der Waals surface area contributed by atoms with Gasteiger partial charge in [0.1, 0.15) is 29.9 Å². The Morgan fingerprint density at radius 1 is 1.03 bits per heavy atom. The fourth-order valence-corrected chi connectivity index (χ4v) is 3.25. The molecule has 3 aromatic carbocycles. The molecule has 0 aliphatic carbocycles. The van der Waals surface area contributed by atoms with Gasteiger partial charge in [0.25, 0.3) is 0 Å². The van der Waals surface area contributed by atoms with E-state index < -0.39 is 0 Å². The lowest BCUT2D eigenvalue weighted by atomic mass is 10.2. The van der Waals surface area contributed by atoms with Gasteiger partial charge in [0.2, 0.25) is 0 Å². The number of nitriles is 1. The fourth-order valence-electron chi connectivity index (χ4n) is 3.03. The molecule has 5 nitrogen and oxygen atoms in total. The van der Waals surface area contributed by atoms with Crippen LogP contribution in [-0.2, 0) is 11.3 Å². The molecule has 0 saturated carbocycles. The van der Waals surface area contributed by atoms with E-state index >= 15 is 0 Å². The fraction of sp³-hybridized carbons (Fsp3) is 0.160. The quantitative estimate of drug-likeness (QED) is 0.248. The van der Waals surface area contributed by atoms with Crippen molar-refractivity contribution < 1.29 is 9.47 Å². The SMILES string of the molecule is CC/C(OCc1cccc(Oc2ccccc2)c1)=C(/C)N(N)c1ccc(C#N)c(Cl)c1. The minimum atomic E-state index is 0.359. The molecule has 158 valence electrons. The maximum absolute atomic E-state index is 9.05. The first kappa shape index (κ1) is 22.2. The molecule has 0 aromatic heterocycles. The van der Waals surface area contributed by atoms with E-state index in [9.17, 15) is 0 Å². The van der Waals surface area contributed by atoms with Gasteiger partial charge >= 0.3 is 0 Å². The Bertz CT molecular complexity index is 1110. The van der Waals surface area contributed by atoms with Gasteiger partial charge in [-0.15, -0.1) is 0 Å². The molecule has 0 saturated heterocycles. The lowest BCUT2D eigenvalue weighted by Crippen LogP contribution is -2.30. The number of nitrogens with zero attached hydrogens (tertiary/aromatic N) is 2. The van der Waals surface area contributed by atoms with Gasteiger partial charge in [0.15, 0.2) is 0 Å². The first-order chi connectivity index (χ1) is 15.0. The molecule has 0 aliphatic heterocycles. The first-order valence-corrected chi connectivity index (χ1v) is 10.3. The molecule has 3 rings (SSSR count). The van der Waals surface area contributed by atoms with Gasteiger partial charge in [0.05, 0.1) is 22.0 Å². The summed E-state index contributed by atoms with van der Waals surface area (Å²) in [5.41, 5.74) is 2.83. The van der Waals surface area contributed by atoms with Crippen LogP contribution in [-0.4, -0.2) is 0 Å². The smallest absolute Gasteiger partial charge is 0.127 e. The Morgan fingerprint density at radius 3 is 2.45 bits per heavy atom. The summed E-state index contributed by atoms with van der Waals surface area (Å²) in [5, 5.41) is 10.9. The maximum atomic E-state index is 9.05. The molecular formula is C25H24ClN3O2. The summed E-state index contributed by atoms with van der Waals surface area (Å²) < 4.78 is 12.0. The van der Waals surface area contributed by atoms with Gasteiger partial charge in [-0.2, -0.15) is 5.26 Å². The molecule has 0 aliphatic rings. The molecule has 2 N–H and O–H groups in total. The Hall–Kier alpha value is -3.46. The van der Waals surface area contributed by atoms with Crippen LogP contribution < -0.4 is 15.6 Å². The standard InChI is InChI=1S/C25H24ClN3O2/c1-3-25(18(2)29(28)21-13-12-20(16-27)24(26)15-21)30-17-19-8-7-11-23(14-19)31-22-9-5-4-6-10-22/h4-15H,3,17,28H2,1-2H3/b25-18+. The lowest BCUT2D eigenvalue weighted by molar-refractivity contribution is 0.186. The van der Waals surface area contributed by atoms with Crippen LogP contribution in [0, 0.1) is 11.3 Å². The maximum Gasteiger partial charge on any atom is 0.127 e. The highest BCUT2D eigenvalue weighted by Gasteiger charge is 2.12. The van der Waals surface area contributed by atoms with Gasteiger partial charge in [0, 0.05) is 6.42 Å². The van der Waals surface area contributed by atoms with Gasteiger partial charge in [-0.25, -0.2) is 5.84 Å². The van der Waals surface area contributed by atoms with Crippen molar-refractivity contribution in [1.82, 2.24) is 0 Å². The second-order valence-electron chi connectivity index (χ2n) is 6.86. The third-order valence-corrected chi connectivity index (χ3v) is 5.04. The highest BCUT2D eigenvalue weighted by molar-refractivity contribution is 6.32. The molecule has 3 aromatic rings. The zero-order chi connectivity index (χ0) is 22.2. The van der Waals surface area contributed by atoms with E-state index in [0.29, 0.717) is 29.3 Å². The van der Waals surface area contributed by atoms with Gasteiger partial charge < -0.3 is 9.47 Å². The second-order valence-corrected chi connectivity index (χ2v) is 7.27. The van der Waals surface area contributed by atoms with E-state index in [1.165, 1.54) is 5.01 Å². The van der Waals surface area contributed by atoms with E-state index in [4.69, 9.17) is 32.2 Å². The Morgan fingerprint density at radius 2 is 1.77 bits per heavy atom. The number of ether oxygens (including phenoxy) is 2. The van der Waals surface area contributed by atoms with Crippen molar-refractivity contribution in [3.63, 3.8) is 0 Å². The van der Waals surface area contributed by atoms with Crippen LogP contribution >= 0.6 is 11.6 Å². The minimum absolute atomic E-state index is 0.359. The number of hydrogen-bond acceptors (Lipinski definition) is 5. The average Bonchev–Trinajstić information content (AvgIpc) is 2.79. The van der Waals surface area contributed by atoms with Crippen molar-refractivity contribution in [2.45, 2.75) is 26.9 Å². The molecule has 0 fully saturated rings. The minimum Gasteiger partial charge on any atom is -0.491 e. The number of halogens is 1. The largest absolute Gasteiger partial charge is 0.491 e. The van der Waals surface area contributed by atoms with E-state index in [1.54, 1.807) is 18.2 Å². The van der Waals surface area contributed by atoms with Crippen LogP contribution in [0.15, 0.2) is 84.3 Å². The average molecular weight is 434 g/mol. The Kier molecular flexibility index (Phi) is 7.55. The number of hydrazine groups is 1. The third kappa shape index (κ3) is 5.79. The van der Waals surface area contributed by atoms with Crippen molar-refractivity contribution in [3.05, 3.63) is 100 Å². The summed E-state index contributed by atoms with van der Waals surface area (Å²) in [7, 11) is 0. The number of allylic oxidation sites excluding steroid dienone is 2. The number of anilines is 1. The van der Waals surface area contributed by atoms with Gasteiger partial charge in [-0.1, -0.05) is 48.9 Å². The number of benzene rings is 3. The topological polar surface area (TPSA) is 71.5 Å². The van der Waals surface area contributed by atoms with E-state index in [0.717, 1.165) is 28.5 Å². The van der Waals surface area contributed by atoms with Gasteiger partial charge in [-0.05, 0) is 55.0 Å². The number of para-hydroxylation sites is 1. The monoisotopic (exact) mass is 433 g/mol. The summed E-state index contributed by atoms with van der Waals surface area (Å²) in [6.45, 7) is 4.28. The van der Waals surface area contributed by atoms with Gasteiger partial charge in [-0.3, -0.25) is 5.01 Å². The van der Waals surface area contributed by atoms with E-state index in [-0.39, 0.29) is 0 Å². The first-order valence-electron chi connectivity index (χ1n) is 9.90. The Labute approximate surface area is 187 Å². The van der Waals surface area contributed by atoms with Crippen LogP contribution in [0.3, 0.4) is 0 Å². The predicted molar refractivity (Wildman–Crippen MR) is 124 cm³/mol. The Balaban J connectivity index is 1.71. The van der Waals surface area contributed by atoms with Crippen LogP contribution in [0.25, 0.3) is 0 Å². The normalized spacial score (nSPS) is 11.3. The zero-order valence-electron chi connectivity index (χ0n) is 17.5. The second kappa shape index (κ2) is 10.5. The molecule has 0 unspecified atom stereocenters. The van der Waals surface area contributed by atoms with Crippen molar-refractivity contribution in [2.75, 3.05) is 5.01 Å². The number of hydrogen-bond donors (Lipinski definition) is 1. The lowest BCUT2D eigenvalue weighted by Gasteiger charge is -2.23. The van der Waals surface area contributed by atoms with Crippen molar-refractivity contribution in [1.29, 1.82) is 5.26 Å². The summed E-state index contributed by atoms with van der Waals surface area (Å²) >= 11 is 6.14.